The van der Waals surface area contributed by atoms with Gasteiger partial charge in [0.25, 0.3) is 17.7 Å². The van der Waals surface area contributed by atoms with Gasteiger partial charge in [0, 0.05) is 43.6 Å². The fraction of sp³-hybridized carbons (Fsp3) is 0.500. The number of ketones is 1. The maximum absolute atomic E-state index is 15.2. The summed E-state index contributed by atoms with van der Waals surface area (Å²) in [5.41, 5.74) is -2.02. The van der Waals surface area contributed by atoms with Gasteiger partial charge in [-0.1, -0.05) is 42.8 Å². The molecule has 12 N–H and O–H groups in total. The highest BCUT2D eigenvalue weighted by Crippen LogP contribution is 2.41. The van der Waals surface area contributed by atoms with Crippen molar-refractivity contribution in [2.75, 3.05) is 139 Å². The predicted molar refractivity (Wildman–Crippen MR) is 407 cm³/mol. The number of hydrogen-bond acceptors (Lipinski definition) is 26. The molecule has 0 saturated carbocycles. The largest absolute Gasteiger partial charge is 0.504 e. The number of phenolic OH excluding ortho intramolecular Hbond substituents is 8. The third-order valence-electron chi connectivity index (χ3n) is 16.7. The lowest BCUT2D eigenvalue weighted by Crippen LogP contribution is -2.46. The normalized spacial score (nSPS) is 11.9. The Morgan fingerprint density at radius 1 is 0.455 bits per heavy atom. The number of hydrogen-bond donors (Lipinski definition) is 12. The number of nitrogens with one attached hydrogen (secondary N) is 4. The second-order valence-corrected chi connectivity index (χ2v) is 27.4. The van der Waals surface area contributed by atoms with Gasteiger partial charge in [-0.05, 0) is 153 Å². The third kappa shape index (κ3) is 32.3. The van der Waals surface area contributed by atoms with Crippen LogP contribution in [0.15, 0.2) is 110 Å². The molecular formula is C80H111N5O25. The van der Waals surface area contributed by atoms with Crippen LogP contribution < -0.4 is 35.5 Å². The predicted octanol–water partition coefficient (Wildman–Crippen LogP) is 8.66. The summed E-state index contributed by atoms with van der Waals surface area (Å²) in [4.78, 5) is 85.4. The van der Waals surface area contributed by atoms with Crippen molar-refractivity contribution in [1.82, 2.24) is 26.2 Å². The highest BCUT2D eigenvalue weighted by molar-refractivity contribution is 6.00. The zero-order valence-electron chi connectivity index (χ0n) is 63.9. The lowest BCUT2D eigenvalue weighted by molar-refractivity contribution is -0.151. The summed E-state index contributed by atoms with van der Waals surface area (Å²) >= 11 is 0. The summed E-state index contributed by atoms with van der Waals surface area (Å²) in [6.07, 6.45) is 4.16. The van der Waals surface area contributed by atoms with Crippen LogP contribution >= 0.6 is 0 Å². The van der Waals surface area contributed by atoms with Gasteiger partial charge in [-0.15, -0.1) is 13.2 Å². The molecule has 5 aromatic rings. The summed E-state index contributed by atoms with van der Waals surface area (Å²) in [7, 11) is 0. The lowest BCUT2D eigenvalue weighted by Gasteiger charge is -2.33. The molecule has 30 nitrogen and oxygen atoms in total. The van der Waals surface area contributed by atoms with Gasteiger partial charge in [-0.3, -0.25) is 33.7 Å². The number of unbranched alkanes of at least 4 members (excludes halogenated alkanes) is 1. The summed E-state index contributed by atoms with van der Waals surface area (Å²) < 4.78 is 65.1. The zero-order chi connectivity index (χ0) is 80.5. The second kappa shape index (κ2) is 47.9. The van der Waals surface area contributed by atoms with E-state index in [2.05, 4.69) is 34.4 Å². The standard InChI is InChI=1S/C80H111N5O25/c1-9-32-85(33-10-2)60(50-55-25-26-62(87)66(91)51-55)76(98)108-47-41-104-40-46-107-72-67(105-44-38-100-34-36-102-42-48-109-78(3,4)5)52-56(53-68(72)106-45-39-101-35-37-103-43-49-110-79(6,7)8)73(95)83-54-84-77(99)80(27-12-11-21-61(86)57-18-13-22-63(88)69(57)92,28-16-30-81-74(96)58-19-14-23-64(89)70(58)93)29-17-31-82-75(97)59-20-15-24-65(90)71(59)94/h9-10,13-15,18-20,22-26,51-53,60,87-94H,1-2,11-12,16-17,21,27-50,54H2,3-8H3,(H,81,96)(H,82,97)(H,83,95)(H,84,99)/t60-/m0/s1. The van der Waals surface area contributed by atoms with Gasteiger partial charge in [0.05, 0.1) is 114 Å². The lowest BCUT2D eigenvalue weighted by atomic mass is 9.73. The van der Waals surface area contributed by atoms with Crippen LogP contribution in [0.25, 0.3) is 0 Å². The molecular weight excluding hydrogens is 1430 g/mol. The number of carbonyl (C=O) groups is 6. The van der Waals surface area contributed by atoms with Crippen LogP contribution in [-0.4, -0.2) is 237 Å². The number of Topliss-reactive ketones (excluding diaryl/α,β-unsaturated/α-hetero) is 1. The van der Waals surface area contributed by atoms with E-state index in [0.717, 1.165) is 0 Å². The van der Waals surface area contributed by atoms with Crippen LogP contribution in [0.3, 0.4) is 0 Å². The molecule has 0 aliphatic heterocycles. The van der Waals surface area contributed by atoms with Gasteiger partial charge in [0.1, 0.15) is 32.5 Å². The molecule has 110 heavy (non-hydrogen) atoms. The molecule has 0 aromatic heterocycles. The average molecular weight is 1540 g/mol. The number of amides is 4. The molecule has 0 aliphatic rings. The first-order valence-corrected chi connectivity index (χ1v) is 36.6. The van der Waals surface area contributed by atoms with E-state index in [1.54, 1.807) is 23.1 Å². The third-order valence-corrected chi connectivity index (χ3v) is 16.7. The Bertz CT molecular complexity index is 3490. The zero-order valence-corrected chi connectivity index (χ0v) is 63.9. The van der Waals surface area contributed by atoms with Crippen molar-refractivity contribution in [2.24, 2.45) is 5.41 Å². The minimum absolute atomic E-state index is 0.0238. The van der Waals surface area contributed by atoms with Gasteiger partial charge < -0.3 is 114 Å². The SMILES string of the molecule is C=CCN(CC=C)[C@@H](Cc1ccc(O)c(O)c1)C(=O)OCCOCCOc1c(OCCOCCOCCOC(C)(C)C)cc(C(=O)NCNC(=O)C(CCCCC(=O)c2cccc(O)c2O)(CCCNC(=O)c2cccc(O)c2O)CCCNC(=O)c2cccc(O)c2O)cc1OCCOCCOCCOC(C)(C)C. The highest BCUT2D eigenvalue weighted by atomic mass is 16.6. The summed E-state index contributed by atoms with van der Waals surface area (Å²) in [6.45, 7) is 21.3. The van der Waals surface area contributed by atoms with E-state index in [1.165, 1.54) is 78.9 Å². The molecule has 0 fully saturated rings. The molecule has 0 aliphatic carbocycles. The first-order valence-electron chi connectivity index (χ1n) is 36.6. The van der Waals surface area contributed by atoms with E-state index in [9.17, 15) is 64.8 Å². The molecule has 4 amide bonds. The number of phenols is 8. The van der Waals surface area contributed by atoms with Crippen LogP contribution in [0.4, 0.5) is 0 Å². The van der Waals surface area contributed by atoms with E-state index in [-0.39, 0.29) is 212 Å². The van der Waals surface area contributed by atoms with Gasteiger partial charge in [0.15, 0.2) is 63.3 Å². The van der Waals surface area contributed by atoms with Crippen LogP contribution in [-0.2, 0) is 53.9 Å². The fourth-order valence-electron chi connectivity index (χ4n) is 11.2. The monoisotopic (exact) mass is 1540 g/mol. The summed E-state index contributed by atoms with van der Waals surface area (Å²) in [5.74, 6) is -7.73. The minimum Gasteiger partial charge on any atom is -0.504 e. The van der Waals surface area contributed by atoms with Crippen LogP contribution in [0.2, 0.25) is 0 Å². The van der Waals surface area contributed by atoms with Crippen molar-refractivity contribution in [1.29, 1.82) is 0 Å². The molecule has 5 aromatic carbocycles. The van der Waals surface area contributed by atoms with Crippen LogP contribution in [0.5, 0.6) is 63.2 Å². The Labute approximate surface area is 642 Å². The molecule has 30 heteroatoms. The number of carbonyl (C=O) groups excluding carboxylic acids is 6. The maximum atomic E-state index is 15.2. The Morgan fingerprint density at radius 3 is 1.36 bits per heavy atom. The Balaban J connectivity index is 1.41. The van der Waals surface area contributed by atoms with Gasteiger partial charge in [-0.25, -0.2) is 0 Å². The first-order chi connectivity index (χ1) is 52.6. The van der Waals surface area contributed by atoms with E-state index in [1.807, 2.05) is 41.5 Å². The van der Waals surface area contributed by atoms with Crippen molar-refractivity contribution in [3.8, 4) is 63.2 Å². The second-order valence-electron chi connectivity index (χ2n) is 27.4. The first kappa shape index (κ1) is 90.7. The highest BCUT2D eigenvalue weighted by Gasteiger charge is 2.38. The molecule has 0 spiro atoms. The number of benzene rings is 5. The molecule has 0 bridgehead atoms. The van der Waals surface area contributed by atoms with E-state index in [4.69, 9.17) is 52.1 Å². The minimum atomic E-state index is -1.38. The number of esters is 1. The molecule has 1 atom stereocenters. The Morgan fingerprint density at radius 2 is 0.891 bits per heavy atom. The number of para-hydroxylation sites is 3. The van der Waals surface area contributed by atoms with Gasteiger partial charge in [-0.2, -0.15) is 0 Å². The van der Waals surface area contributed by atoms with Gasteiger partial charge >= 0.3 is 5.97 Å². The van der Waals surface area contributed by atoms with E-state index < -0.39 is 88.0 Å². The summed E-state index contributed by atoms with van der Waals surface area (Å²) in [5, 5.41) is 93.0. The van der Waals surface area contributed by atoms with Crippen LogP contribution in [0, 0.1) is 5.41 Å². The number of rotatable bonds is 55. The Hall–Kier alpha value is -9.92. The topological polar surface area (TPSA) is 417 Å². The maximum Gasteiger partial charge on any atom is 0.323 e. The van der Waals surface area contributed by atoms with Crippen molar-refractivity contribution < 1.29 is 122 Å². The number of aromatic hydroxyl groups is 8. The summed E-state index contributed by atoms with van der Waals surface area (Å²) in [6, 6.07) is 18.1. The molecule has 0 saturated heterocycles. The van der Waals surface area contributed by atoms with E-state index in [0.29, 0.717) is 45.1 Å². The van der Waals surface area contributed by atoms with Crippen molar-refractivity contribution in [2.45, 2.75) is 117 Å². The van der Waals surface area contributed by atoms with Crippen molar-refractivity contribution >= 4 is 35.4 Å². The van der Waals surface area contributed by atoms with Crippen molar-refractivity contribution in [3.63, 3.8) is 0 Å². The number of nitrogens with zero attached hydrogens (tertiary/aromatic N) is 1. The smallest absolute Gasteiger partial charge is 0.323 e. The van der Waals surface area contributed by atoms with Crippen LogP contribution in [0.1, 0.15) is 140 Å². The van der Waals surface area contributed by atoms with Gasteiger partial charge in [0.2, 0.25) is 11.7 Å². The molecule has 0 heterocycles. The molecule has 606 valence electrons. The molecule has 0 unspecified atom stereocenters. The Kier molecular flexibility index (Phi) is 39.5. The molecule has 5 rings (SSSR count). The van der Waals surface area contributed by atoms with Crippen molar-refractivity contribution in [3.05, 3.63) is 138 Å². The fourth-order valence-corrected chi connectivity index (χ4v) is 11.2. The quantitative estimate of drug-likeness (QED) is 0.00432. The molecule has 0 radical (unpaired) electrons. The number of ether oxygens (including phenoxy) is 11. The average Bonchev–Trinajstić information content (AvgIpc) is 0.810. The van der Waals surface area contributed by atoms with E-state index >= 15 is 4.79 Å².